The molecule has 14 nitrogen and oxygen atoms in total. The highest BCUT2D eigenvalue weighted by Gasteiger charge is 2.43. The van der Waals surface area contributed by atoms with Gasteiger partial charge in [0.25, 0.3) is 0 Å². The number of hydrogen-bond acceptors (Lipinski definition) is 8. The van der Waals surface area contributed by atoms with Crippen LogP contribution in [0.4, 0.5) is 0 Å². The third-order valence-corrected chi connectivity index (χ3v) is 9.92. The first-order chi connectivity index (χ1) is 24.5. The van der Waals surface area contributed by atoms with E-state index in [0.717, 1.165) is 22.0 Å². The summed E-state index contributed by atoms with van der Waals surface area (Å²) in [6.07, 6.45) is 4.05. The third kappa shape index (κ3) is 8.89. The smallest absolute Gasteiger partial charge is 0.327 e. The molecule has 5 amide bonds. The number of rotatable bonds is 14. The number of para-hydroxylation sites is 1. The predicted octanol–water partition coefficient (Wildman–Crippen LogP) is 0.751. The van der Waals surface area contributed by atoms with Crippen LogP contribution in [0.3, 0.4) is 0 Å². The van der Waals surface area contributed by atoms with Crippen molar-refractivity contribution < 1.29 is 33.9 Å². The number of nitrogens with two attached hydrogens (primary N) is 1. The second kappa shape index (κ2) is 16.9. The Hall–Kier alpha value is -4.89. The minimum atomic E-state index is -1.26. The van der Waals surface area contributed by atoms with Gasteiger partial charge >= 0.3 is 5.97 Å². The monoisotopic (exact) mass is 719 g/mol. The molecule has 6 atom stereocenters. The Bertz CT molecular complexity index is 1750. The fourth-order valence-electron chi connectivity index (χ4n) is 6.83. The zero-order valence-corrected chi connectivity index (χ0v) is 29.3. The Balaban J connectivity index is 1.21. The first-order valence-corrected chi connectivity index (χ1v) is 17.8. The van der Waals surface area contributed by atoms with Gasteiger partial charge in [0, 0.05) is 42.4 Å². The molecule has 2 fully saturated rings. The van der Waals surface area contributed by atoms with Crippen LogP contribution < -0.4 is 21.7 Å². The fourth-order valence-corrected chi connectivity index (χ4v) is 7.07. The molecule has 0 aliphatic carbocycles. The number of aliphatic carboxylic acids is 1. The first-order valence-electron chi connectivity index (χ1n) is 17.2. The Labute approximate surface area is 301 Å². The average Bonchev–Trinajstić information content (AvgIpc) is 3.90. The zero-order chi connectivity index (χ0) is 36.7. The standard InChI is InChI=1S/C36H45N7O7S/c1-21(39-31(44)25(37)18-23-19-38-26-12-6-5-11-24(23)26)34(47)43-16-8-14-30(43)35(48)42-15-7-13-29(42)33(46)40-27(17-22-9-3-2-4-10-22)32(45)41-28(20-51)36(49)50/h2-6,9-12,19,21,25,27-30,38,51H,7-8,13-18,20,37H2,1H3,(H,39,44)(H,40,46)(H,41,45)(H,49,50)/t21-,25-,27-,28-,29-,30-/m0/s1. The maximum absolute atomic E-state index is 14.0. The minimum absolute atomic E-state index is 0.0952. The molecule has 0 saturated carbocycles. The molecule has 3 aromatic rings. The van der Waals surface area contributed by atoms with Crippen molar-refractivity contribution >= 4 is 59.0 Å². The van der Waals surface area contributed by atoms with Gasteiger partial charge in [-0.2, -0.15) is 12.6 Å². The van der Waals surface area contributed by atoms with Gasteiger partial charge < -0.3 is 41.6 Å². The van der Waals surface area contributed by atoms with Gasteiger partial charge in [0.2, 0.25) is 29.5 Å². The molecule has 272 valence electrons. The number of likely N-dealkylation sites (tertiary alicyclic amines) is 2. The maximum Gasteiger partial charge on any atom is 0.327 e. The molecule has 1 aromatic heterocycles. The zero-order valence-electron chi connectivity index (χ0n) is 28.4. The molecule has 7 N–H and O–H groups in total. The van der Waals surface area contributed by atoms with E-state index in [1.165, 1.54) is 9.80 Å². The summed E-state index contributed by atoms with van der Waals surface area (Å²) >= 11 is 4.02. The van der Waals surface area contributed by atoms with Crippen LogP contribution in [0.5, 0.6) is 0 Å². The Morgan fingerprint density at radius 2 is 1.53 bits per heavy atom. The number of amides is 5. The number of benzene rings is 2. The number of carbonyl (C=O) groups excluding carboxylic acids is 5. The van der Waals surface area contributed by atoms with E-state index in [1.54, 1.807) is 31.2 Å². The lowest BCUT2D eigenvalue weighted by atomic mass is 10.0. The molecule has 2 aromatic carbocycles. The lowest BCUT2D eigenvalue weighted by molar-refractivity contribution is -0.148. The molecule has 51 heavy (non-hydrogen) atoms. The van der Waals surface area contributed by atoms with Crippen LogP contribution >= 0.6 is 12.6 Å². The number of carbonyl (C=O) groups is 6. The van der Waals surface area contributed by atoms with E-state index in [2.05, 4.69) is 33.6 Å². The number of aromatic amines is 1. The highest BCUT2D eigenvalue weighted by Crippen LogP contribution is 2.26. The highest BCUT2D eigenvalue weighted by molar-refractivity contribution is 7.80. The van der Waals surface area contributed by atoms with Gasteiger partial charge in [-0.25, -0.2) is 4.79 Å². The molecule has 2 aliphatic heterocycles. The van der Waals surface area contributed by atoms with E-state index >= 15 is 0 Å². The van der Waals surface area contributed by atoms with Crippen LogP contribution in [0.1, 0.15) is 43.7 Å². The highest BCUT2D eigenvalue weighted by atomic mass is 32.1. The van der Waals surface area contributed by atoms with Crippen LogP contribution in [-0.2, 0) is 41.6 Å². The van der Waals surface area contributed by atoms with Crippen LogP contribution in [0.2, 0.25) is 0 Å². The number of nitrogens with zero attached hydrogens (tertiary/aromatic N) is 2. The molecule has 0 bridgehead atoms. The summed E-state index contributed by atoms with van der Waals surface area (Å²) in [7, 11) is 0. The number of thiol groups is 1. The lowest BCUT2D eigenvalue weighted by Gasteiger charge is -2.33. The summed E-state index contributed by atoms with van der Waals surface area (Å²) in [4.78, 5) is 85.2. The van der Waals surface area contributed by atoms with Gasteiger partial charge in [-0.15, -0.1) is 0 Å². The van der Waals surface area contributed by atoms with Gasteiger partial charge in [-0.1, -0.05) is 48.5 Å². The first kappa shape index (κ1) is 37.4. The lowest BCUT2D eigenvalue weighted by Crippen LogP contribution is -2.58. The molecule has 2 aliphatic rings. The molecule has 0 unspecified atom stereocenters. The van der Waals surface area contributed by atoms with Crippen LogP contribution in [0, 0.1) is 0 Å². The second-order valence-corrected chi connectivity index (χ2v) is 13.5. The van der Waals surface area contributed by atoms with Gasteiger partial charge in [0.15, 0.2) is 0 Å². The molecule has 15 heteroatoms. The largest absolute Gasteiger partial charge is 0.480 e. The van der Waals surface area contributed by atoms with Gasteiger partial charge in [-0.05, 0) is 56.2 Å². The number of carboxylic acids is 1. The van der Waals surface area contributed by atoms with Gasteiger partial charge in [-0.3, -0.25) is 24.0 Å². The topological polar surface area (TPSA) is 207 Å². The molecular formula is C36H45N7O7S. The van der Waals surface area contributed by atoms with Crippen molar-refractivity contribution in [3.63, 3.8) is 0 Å². The van der Waals surface area contributed by atoms with E-state index in [9.17, 15) is 33.9 Å². The van der Waals surface area contributed by atoms with E-state index in [0.29, 0.717) is 38.8 Å². The summed E-state index contributed by atoms with van der Waals surface area (Å²) in [5.74, 6) is -3.92. The SMILES string of the molecule is C[C@H](NC(=O)[C@@H](N)Cc1c[nH]c2ccccc12)C(=O)N1CCC[C@H]1C(=O)N1CCC[C@H]1C(=O)N[C@@H](Cc1ccccc1)C(=O)N[C@@H](CS)C(=O)O. The third-order valence-electron chi connectivity index (χ3n) is 9.55. The Morgan fingerprint density at radius 1 is 0.863 bits per heavy atom. The van der Waals surface area contributed by atoms with Crippen molar-refractivity contribution in [3.8, 4) is 0 Å². The van der Waals surface area contributed by atoms with Crippen LogP contribution in [0.25, 0.3) is 10.9 Å². The number of nitrogens with one attached hydrogen (secondary N) is 4. The van der Waals surface area contributed by atoms with Crippen molar-refractivity contribution in [2.45, 2.75) is 81.7 Å². The quantitative estimate of drug-likeness (QED) is 0.118. The van der Waals surface area contributed by atoms with E-state index in [1.807, 2.05) is 36.5 Å². The summed E-state index contributed by atoms with van der Waals surface area (Å²) < 4.78 is 0. The number of carboxylic acid groups (broad SMARTS) is 1. The van der Waals surface area contributed by atoms with Crippen LogP contribution in [-0.4, -0.2) is 110 Å². The summed E-state index contributed by atoms with van der Waals surface area (Å²) in [6.45, 7) is 2.17. The summed E-state index contributed by atoms with van der Waals surface area (Å²) in [5.41, 5.74) is 8.80. The van der Waals surface area contributed by atoms with E-state index < -0.39 is 65.8 Å². The summed E-state index contributed by atoms with van der Waals surface area (Å²) in [6, 6.07) is 10.7. The number of H-pyrrole nitrogens is 1. The summed E-state index contributed by atoms with van der Waals surface area (Å²) in [5, 5.41) is 18.3. The molecule has 5 rings (SSSR count). The predicted molar refractivity (Wildman–Crippen MR) is 193 cm³/mol. The number of hydrogen-bond donors (Lipinski definition) is 7. The second-order valence-electron chi connectivity index (χ2n) is 13.1. The van der Waals surface area contributed by atoms with E-state index in [-0.39, 0.29) is 24.5 Å². The van der Waals surface area contributed by atoms with E-state index in [4.69, 9.17) is 5.73 Å². The number of aromatic nitrogens is 1. The molecule has 3 heterocycles. The Morgan fingerprint density at radius 3 is 2.24 bits per heavy atom. The normalized spacial score (nSPS) is 19.6. The van der Waals surface area contributed by atoms with Crippen LogP contribution in [0.15, 0.2) is 60.8 Å². The van der Waals surface area contributed by atoms with Crippen molar-refractivity contribution in [1.29, 1.82) is 0 Å². The number of fused-ring (bicyclic) bond motifs is 1. The average molecular weight is 720 g/mol. The van der Waals surface area contributed by atoms with Gasteiger partial charge in [0.1, 0.15) is 30.2 Å². The maximum atomic E-state index is 14.0. The fraction of sp³-hybridized carbons (Fsp3) is 0.444. The minimum Gasteiger partial charge on any atom is -0.480 e. The van der Waals surface area contributed by atoms with Crippen molar-refractivity contribution in [2.75, 3.05) is 18.8 Å². The van der Waals surface area contributed by atoms with Crippen molar-refractivity contribution in [1.82, 2.24) is 30.7 Å². The van der Waals surface area contributed by atoms with Crippen molar-refractivity contribution in [3.05, 3.63) is 71.9 Å². The Kier molecular flexibility index (Phi) is 12.4. The van der Waals surface area contributed by atoms with Gasteiger partial charge in [0.05, 0.1) is 6.04 Å². The molecular weight excluding hydrogens is 675 g/mol. The molecule has 2 saturated heterocycles. The molecule has 0 radical (unpaired) electrons. The molecule has 0 spiro atoms. The van der Waals surface area contributed by atoms with Crippen molar-refractivity contribution in [2.24, 2.45) is 5.73 Å².